The van der Waals surface area contributed by atoms with Crippen LogP contribution in [0.1, 0.15) is 57.1 Å². The number of amides is 1. The van der Waals surface area contributed by atoms with Crippen molar-refractivity contribution in [3.8, 4) is 0 Å². The van der Waals surface area contributed by atoms with E-state index in [0.717, 1.165) is 6.42 Å². The van der Waals surface area contributed by atoms with Crippen LogP contribution in [-0.4, -0.2) is 22.1 Å². The highest BCUT2D eigenvalue weighted by molar-refractivity contribution is 7.09. The molecule has 2 rings (SSSR count). The molecule has 5 nitrogen and oxygen atoms in total. The quantitative estimate of drug-likeness (QED) is 0.841. The van der Waals surface area contributed by atoms with Gasteiger partial charge in [-0.3, -0.25) is 4.79 Å². The standard InChI is InChI=1S/C17H25N3O2S/c1-12(11-13-7-6-10-23-13)18-14(21)8-5-9-15-19-16(20-22-15)17(2,3)4/h6-7,10,12H,5,8-9,11H2,1-4H3,(H,18,21). The average Bonchev–Trinajstić information content (AvgIpc) is 3.09. The summed E-state index contributed by atoms with van der Waals surface area (Å²) in [6.45, 7) is 8.17. The van der Waals surface area contributed by atoms with Gasteiger partial charge in [-0.25, -0.2) is 0 Å². The number of hydrogen-bond donors (Lipinski definition) is 1. The Balaban J connectivity index is 1.69. The lowest BCUT2D eigenvalue weighted by Crippen LogP contribution is -2.33. The molecule has 23 heavy (non-hydrogen) atoms. The fraction of sp³-hybridized carbons (Fsp3) is 0.588. The zero-order valence-electron chi connectivity index (χ0n) is 14.3. The maximum absolute atomic E-state index is 12.0. The minimum atomic E-state index is -0.115. The third kappa shape index (κ3) is 5.78. The molecular weight excluding hydrogens is 310 g/mol. The number of aryl methyl sites for hydroxylation is 1. The molecule has 1 amide bonds. The first-order chi connectivity index (χ1) is 10.8. The lowest BCUT2D eigenvalue weighted by atomic mass is 9.96. The lowest BCUT2D eigenvalue weighted by molar-refractivity contribution is -0.121. The second-order valence-corrected chi connectivity index (χ2v) is 7.90. The number of carbonyl (C=O) groups excluding carboxylic acids is 1. The maximum Gasteiger partial charge on any atom is 0.226 e. The van der Waals surface area contributed by atoms with Gasteiger partial charge in [-0.2, -0.15) is 4.98 Å². The summed E-state index contributed by atoms with van der Waals surface area (Å²) in [6, 6.07) is 4.28. The minimum absolute atomic E-state index is 0.0737. The molecule has 0 aromatic carbocycles. The number of carbonyl (C=O) groups is 1. The summed E-state index contributed by atoms with van der Waals surface area (Å²) >= 11 is 1.72. The van der Waals surface area contributed by atoms with E-state index < -0.39 is 0 Å². The van der Waals surface area contributed by atoms with Gasteiger partial charge in [0.05, 0.1) is 0 Å². The number of rotatable bonds is 7. The number of aromatic nitrogens is 2. The summed E-state index contributed by atoms with van der Waals surface area (Å²) in [4.78, 5) is 17.6. The Morgan fingerprint density at radius 3 is 2.83 bits per heavy atom. The molecule has 2 heterocycles. The number of nitrogens with one attached hydrogen (secondary N) is 1. The van der Waals surface area contributed by atoms with Crippen molar-refractivity contribution >= 4 is 17.2 Å². The molecular formula is C17H25N3O2S. The molecule has 0 aliphatic carbocycles. The minimum Gasteiger partial charge on any atom is -0.353 e. The van der Waals surface area contributed by atoms with Crippen LogP contribution in [0.4, 0.5) is 0 Å². The van der Waals surface area contributed by atoms with Gasteiger partial charge >= 0.3 is 0 Å². The molecule has 1 N–H and O–H groups in total. The molecule has 0 fully saturated rings. The first kappa shape index (κ1) is 17.7. The molecule has 0 radical (unpaired) electrons. The Hall–Kier alpha value is -1.69. The van der Waals surface area contributed by atoms with Gasteiger partial charge in [-0.15, -0.1) is 11.3 Å². The van der Waals surface area contributed by atoms with Gasteiger partial charge in [0.15, 0.2) is 5.82 Å². The summed E-state index contributed by atoms with van der Waals surface area (Å²) in [5, 5.41) is 9.08. The summed E-state index contributed by atoms with van der Waals surface area (Å²) < 4.78 is 5.23. The second-order valence-electron chi connectivity index (χ2n) is 6.87. The van der Waals surface area contributed by atoms with E-state index in [1.165, 1.54) is 4.88 Å². The highest BCUT2D eigenvalue weighted by Gasteiger charge is 2.20. The van der Waals surface area contributed by atoms with Gasteiger partial charge in [-0.1, -0.05) is 32.0 Å². The van der Waals surface area contributed by atoms with E-state index in [1.807, 2.05) is 33.8 Å². The molecule has 0 saturated heterocycles. The first-order valence-corrected chi connectivity index (χ1v) is 8.87. The predicted octanol–water partition coefficient (Wildman–Crippen LogP) is 3.50. The molecule has 0 bridgehead atoms. The summed E-state index contributed by atoms with van der Waals surface area (Å²) in [7, 11) is 0. The maximum atomic E-state index is 12.0. The fourth-order valence-electron chi connectivity index (χ4n) is 2.19. The highest BCUT2D eigenvalue weighted by atomic mass is 32.1. The van der Waals surface area contributed by atoms with E-state index in [1.54, 1.807) is 11.3 Å². The van der Waals surface area contributed by atoms with Crippen LogP contribution in [0.25, 0.3) is 0 Å². The summed E-state index contributed by atoms with van der Waals surface area (Å²) in [5.74, 6) is 1.39. The van der Waals surface area contributed by atoms with Crippen molar-refractivity contribution in [1.82, 2.24) is 15.5 Å². The van der Waals surface area contributed by atoms with Crippen molar-refractivity contribution in [2.75, 3.05) is 0 Å². The van der Waals surface area contributed by atoms with Crippen LogP contribution in [0.2, 0.25) is 0 Å². The molecule has 1 unspecified atom stereocenters. The Kier molecular flexibility index (Phi) is 5.93. The summed E-state index contributed by atoms with van der Waals surface area (Å²) in [6.07, 6.45) is 2.70. The number of thiophene rings is 1. The second kappa shape index (κ2) is 7.73. The molecule has 2 aromatic rings. The van der Waals surface area contributed by atoms with Crippen LogP contribution in [0.5, 0.6) is 0 Å². The summed E-state index contributed by atoms with van der Waals surface area (Å²) in [5.41, 5.74) is -0.115. The van der Waals surface area contributed by atoms with Crippen LogP contribution in [0.3, 0.4) is 0 Å². The largest absolute Gasteiger partial charge is 0.353 e. The molecule has 2 aromatic heterocycles. The van der Waals surface area contributed by atoms with E-state index in [9.17, 15) is 4.79 Å². The predicted molar refractivity (Wildman–Crippen MR) is 91.6 cm³/mol. The van der Waals surface area contributed by atoms with Crippen molar-refractivity contribution in [2.24, 2.45) is 0 Å². The smallest absolute Gasteiger partial charge is 0.226 e. The van der Waals surface area contributed by atoms with Crippen LogP contribution in [0, 0.1) is 0 Å². The zero-order valence-corrected chi connectivity index (χ0v) is 15.1. The Morgan fingerprint density at radius 1 is 1.43 bits per heavy atom. The molecule has 0 aliphatic heterocycles. The van der Waals surface area contributed by atoms with Gasteiger partial charge in [0, 0.05) is 35.6 Å². The van der Waals surface area contributed by atoms with E-state index in [2.05, 4.69) is 26.9 Å². The van der Waals surface area contributed by atoms with Gasteiger partial charge in [0.25, 0.3) is 0 Å². The molecule has 1 atom stereocenters. The molecule has 0 saturated carbocycles. The first-order valence-electron chi connectivity index (χ1n) is 7.99. The van der Waals surface area contributed by atoms with Crippen LogP contribution >= 0.6 is 11.3 Å². The fourth-order valence-corrected chi connectivity index (χ4v) is 3.03. The van der Waals surface area contributed by atoms with E-state index in [-0.39, 0.29) is 17.4 Å². The molecule has 126 valence electrons. The van der Waals surface area contributed by atoms with Crippen molar-refractivity contribution in [1.29, 1.82) is 0 Å². The Bertz CT molecular complexity index is 614. The van der Waals surface area contributed by atoms with Gasteiger partial charge in [0.2, 0.25) is 11.8 Å². The third-order valence-corrected chi connectivity index (χ3v) is 4.33. The van der Waals surface area contributed by atoms with Crippen molar-refractivity contribution < 1.29 is 9.32 Å². The van der Waals surface area contributed by atoms with Crippen molar-refractivity contribution in [3.63, 3.8) is 0 Å². The molecule has 6 heteroatoms. The number of hydrogen-bond acceptors (Lipinski definition) is 5. The zero-order chi connectivity index (χ0) is 16.9. The topological polar surface area (TPSA) is 68.0 Å². The van der Waals surface area contributed by atoms with Crippen molar-refractivity contribution in [3.05, 3.63) is 34.1 Å². The van der Waals surface area contributed by atoms with Gasteiger partial charge in [-0.05, 0) is 24.8 Å². The normalized spacial score (nSPS) is 13.0. The van der Waals surface area contributed by atoms with Crippen LogP contribution in [-0.2, 0) is 23.1 Å². The molecule has 0 aliphatic rings. The van der Waals surface area contributed by atoms with E-state index in [0.29, 0.717) is 31.0 Å². The number of nitrogens with zero attached hydrogens (tertiary/aromatic N) is 2. The van der Waals surface area contributed by atoms with E-state index >= 15 is 0 Å². The lowest BCUT2D eigenvalue weighted by Gasteiger charge is -2.12. The monoisotopic (exact) mass is 335 g/mol. The van der Waals surface area contributed by atoms with Gasteiger partial charge in [0.1, 0.15) is 0 Å². The van der Waals surface area contributed by atoms with Crippen molar-refractivity contribution in [2.45, 2.75) is 64.8 Å². The average molecular weight is 335 g/mol. The highest BCUT2D eigenvalue weighted by Crippen LogP contribution is 2.19. The SMILES string of the molecule is CC(Cc1cccs1)NC(=O)CCCc1nc(C(C)(C)C)no1. The van der Waals surface area contributed by atoms with Crippen LogP contribution < -0.4 is 5.32 Å². The molecule has 0 spiro atoms. The Morgan fingerprint density at radius 2 is 2.22 bits per heavy atom. The third-order valence-electron chi connectivity index (χ3n) is 3.43. The van der Waals surface area contributed by atoms with E-state index in [4.69, 9.17) is 4.52 Å². The Labute approximate surface area is 141 Å². The van der Waals surface area contributed by atoms with Crippen LogP contribution in [0.15, 0.2) is 22.0 Å². The van der Waals surface area contributed by atoms with Gasteiger partial charge < -0.3 is 9.84 Å².